The Morgan fingerprint density at radius 1 is 0.724 bits per heavy atom. The van der Waals surface area contributed by atoms with E-state index in [4.69, 9.17) is 5.73 Å². The minimum absolute atomic E-state index is 0.271. The minimum Gasteiger partial charge on any atom is -0.393 e. The average molecular weight is 386 g/mol. The Labute approximate surface area is 167 Å². The van der Waals surface area contributed by atoms with Crippen molar-refractivity contribution < 1.29 is 4.39 Å². The minimum atomic E-state index is -0.393. The van der Waals surface area contributed by atoms with Gasteiger partial charge in [-0.05, 0) is 36.4 Å². The Hall–Kier alpha value is -4.13. The number of hydrazine groups is 1. The van der Waals surface area contributed by atoms with E-state index in [9.17, 15) is 4.39 Å². The van der Waals surface area contributed by atoms with Crippen LogP contribution in [0.15, 0.2) is 91.3 Å². The monoisotopic (exact) mass is 386 g/mol. The van der Waals surface area contributed by atoms with E-state index in [1.807, 2.05) is 65.7 Å². The van der Waals surface area contributed by atoms with Gasteiger partial charge in [-0.1, -0.05) is 48.5 Å². The highest BCUT2D eigenvalue weighted by molar-refractivity contribution is 5.80. The lowest BCUT2D eigenvalue weighted by atomic mass is 10.2. The lowest BCUT2D eigenvalue weighted by Crippen LogP contribution is -2.26. The third kappa shape index (κ3) is 4.08. The molecule has 29 heavy (non-hydrogen) atoms. The summed E-state index contributed by atoms with van der Waals surface area (Å²) in [6.45, 7) is 0. The molecule has 0 aliphatic heterocycles. The molecule has 144 valence electrons. The molecule has 0 atom stereocenters. The molecular weight excluding hydrogens is 367 g/mol. The van der Waals surface area contributed by atoms with Gasteiger partial charge in [0.25, 0.3) is 0 Å². The largest absolute Gasteiger partial charge is 0.393 e. The van der Waals surface area contributed by atoms with Crippen LogP contribution in [-0.4, -0.2) is 9.97 Å². The van der Waals surface area contributed by atoms with Crippen LogP contribution < -0.4 is 21.5 Å². The maximum atomic E-state index is 14.0. The van der Waals surface area contributed by atoms with Crippen molar-refractivity contribution in [2.75, 3.05) is 21.5 Å². The first-order chi connectivity index (χ1) is 14.2. The predicted octanol–water partition coefficient (Wildman–Crippen LogP) is 5.11. The zero-order chi connectivity index (χ0) is 20.1. The van der Waals surface area contributed by atoms with E-state index in [0.29, 0.717) is 11.6 Å². The first-order valence-corrected chi connectivity index (χ1v) is 9.01. The summed E-state index contributed by atoms with van der Waals surface area (Å²) in [5.74, 6) is 0.315. The summed E-state index contributed by atoms with van der Waals surface area (Å²) < 4.78 is 14.0. The maximum Gasteiger partial charge on any atom is 0.173 e. The molecule has 0 aliphatic rings. The van der Waals surface area contributed by atoms with Crippen LogP contribution in [0.3, 0.4) is 0 Å². The van der Waals surface area contributed by atoms with Crippen LogP contribution in [0.4, 0.5) is 38.8 Å². The second-order valence-electron chi connectivity index (χ2n) is 6.21. The van der Waals surface area contributed by atoms with Crippen molar-refractivity contribution in [1.29, 1.82) is 0 Å². The summed E-state index contributed by atoms with van der Waals surface area (Å²) in [6, 6.07) is 25.9. The van der Waals surface area contributed by atoms with Gasteiger partial charge in [-0.2, -0.15) is 0 Å². The number of halogens is 1. The molecule has 0 unspecified atom stereocenters. The van der Waals surface area contributed by atoms with Crippen molar-refractivity contribution in [3.05, 3.63) is 97.1 Å². The van der Waals surface area contributed by atoms with Crippen molar-refractivity contribution in [3.63, 3.8) is 0 Å². The van der Waals surface area contributed by atoms with Crippen molar-refractivity contribution in [1.82, 2.24) is 9.97 Å². The van der Waals surface area contributed by atoms with Gasteiger partial charge >= 0.3 is 0 Å². The van der Waals surface area contributed by atoms with E-state index < -0.39 is 5.82 Å². The molecule has 1 aromatic heterocycles. The Morgan fingerprint density at radius 3 is 1.90 bits per heavy atom. The SMILES string of the molecule is Nc1c(Nc2ccccc2F)ncnc1NN(c1ccccc1)c1ccccc1. The number of anilines is 6. The summed E-state index contributed by atoms with van der Waals surface area (Å²) in [6.07, 6.45) is 1.37. The normalized spacial score (nSPS) is 10.4. The van der Waals surface area contributed by atoms with Crippen LogP contribution in [0.5, 0.6) is 0 Å². The van der Waals surface area contributed by atoms with Crippen molar-refractivity contribution in [3.8, 4) is 0 Å². The molecule has 4 rings (SSSR count). The first kappa shape index (κ1) is 18.2. The van der Waals surface area contributed by atoms with Crippen LogP contribution in [0.1, 0.15) is 0 Å². The molecule has 0 bridgehead atoms. The topological polar surface area (TPSA) is 79.1 Å². The zero-order valence-electron chi connectivity index (χ0n) is 15.5. The number of aromatic nitrogens is 2. The van der Waals surface area contributed by atoms with E-state index >= 15 is 0 Å². The quantitative estimate of drug-likeness (QED) is 0.400. The zero-order valence-corrected chi connectivity index (χ0v) is 15.5. The smallest absolute Gasteiger partial charge is 0.173 e. The fourth-order valence-electron chi connectivity index (χ4n) is 2.81. The molecule has 0 spiro atoms. The molecule has 4 aromatic rings. The third-order valence-corrected chi connectivity index (χ3v) is 4.26. The van der Waals surface area contributed by atoms with Gasteiger partial charge in [0.05, 0.1) is 17.1 Å². The summed E-state index contributed by atoms with van der Waals surface area (Å²) in [5, 5.41) is 4.79. The predicted molar refractivity (Wildman–Crippen MR) is 115 cm³/mol. The number of benzene rings is 3. The number of nitrogens with two attached hydrogens (primary N) is 1. The summed E-state index contributed by atoms with van der Waals surface area (Å²) in [4.78, 5) is 8.43. The molecule has 0 saturated carbocycles. The number of rotatable bonds is 6. The van der Waals surface area contributed by atoms with Crippen LogP contribution in [0, 0.1) is 5.82 Å². The van der Waals surface area contributed by atoms with E-state index in [2.05, 4.69) is 20.7 Å². The van der Waals surface area contributed by atoms with E-state index in [1.54, 1.807) is 18.2 Å². The molecule has 0 amide bonds. The standard InChI is InChI=1S/C22H19FN6/c23-18-13-7-8-14-19(18)27-21-20(24)22(26-15-25-21)28-29(16-9-3-1-4-10-16)17-11-5-2-6-12-17/h1-15H,24H2,(H2,25,26,27,28). The Balaban J connectivity index is 1.67. The molecule has 0 fully saturated rings. The van der Waals surface area contributed by atoms with Gasteiger partial charge in [0.15, 0.2) is 11.6 Å². The highest BCUT2D eigenvalue weighted by atomic mass is 19.1. The number of nitrogens with zero attached hydrogens (tertiary/aromatic N) is 3. The van der Waals surface area contributed by atoms with E-state index in [1.165, 1.54) is 12.4 Å². The molecule has 0 aliphatic carbocycles. The van der Waals surface area contributed by atoms with Gasteiger partial charge in [-0.15, -0.1) is 0 Å². The average Bonchev–Trinajstić information content (AvgIpc) is 2.77. The van der Waals surface area contributed by atoms with E-state index in [0.717, 1.165) is 11.4 Å². The van der Waals surface area contributed by atoms with Crippen LogP contribution in [0.2, 0.25) is 0 Å². The van der Waals surface area contributed by atoms with Gasteiger partial charge in [-0.3, -0.25) is 10.4 Å². The summed E-state index contributed by atoms with van der Waals surface area (Å²) >= 11 is 0. The highest BCUT2D eigenvalue weighted by Crippen LogP contribution is 2.30. The maximum absolute atomic E-state index is 14.0. The molecule has 3 aromatic carbocycles. The number of hydrogen-bond donors (Lipinski definition) is 3. The molecular formula is C22H19FN6. The van der Waals surface area contributed by atoms with Gasteiger partial charge in [0, 0.05) is 0 Å². The Bertz CT molecular complexity index is 1050. The summed E-state index contributed by atoms with van der Waals surface area (Å²) in [5.41, 5.74) is 11.9. The second-order valence-corrected chi connectivity index (χ2v) is 6.21. The van der Waals surface area contributed by atoms with Gasteiger partial charge < -0.3 is 11.1 Å². The number of para-hydroxylation sites is 3. The molecule has 4 N–H and O–H groups in total. The van der Waals surface area contributed by atoms with Crippen LogP contribution in [-0.2, 0) is 0 Å². The van der Waals surface area contributed by atoms with Gasteiger partial charge in [0.2, 0.25) is 0 Å². The van der Waals surface area contributed by atoms with Gasteiger partial charge in [0.1, 0.15) is 17.8 Å². The third-order valence-electron chi connectivity index (χ3n) is 4.26. The fraction of sp³-hybridized carbons (Fsp3) is 0. The lowest BCUT2D eigenvalue weighted by Gasteiger charge is -2.26. The molecule has 1 heterocycles. The highest BCUT2D eigenvalue weighted by Gasteiger charge is 2.15. The molecule has 7 heteroatoms. The Morgan fingerprint density at radius 2 is 1.28 bits per heavy atom. The van der Waals surface area contributed by atoms with Crippen LogP contribution in [0.25, 0.3) is 0 Å². The number of hydrogen-bond acceptors (Lipinski definition) is 6. The summed E-state index contributed by atoms with van der Waals surface area (Å²) in [7, 11) is 0. The second kappa shape index (κ2) is 8.26. The molecule has 6 nitrogen and oxygen atoms in total. The first-order valence-electron chi connectivity index (χ1n) is 9.01. The number of nitrogens with one attached hydrogen (secondary N) is 2. The molecule has 0 radical (unpaired) electrons. The Kier molecular flexibility index (Phi) is 5.20. The van der Waals surface area contributed by atoms with Crippen molar-refractivity contribution in [2.45, 2.75) is 0 Å². The van der Waals surface area contributed by atoms with Gasteiger partial charge in [-0.25, -0.2) is 14.4 Å². The number of nitrogen functional groups attached to an aromatic ring is 1. The fourth-order valence-corrected chi connectivity index (χ4v) is 2.81. The van der Waals surface area contributed by atoms with Crippen LogP contribution >= 0.6 is 0 Å². The van der Waals surface area contributed by atoms with Crippen molar-refractivity contribution >= 4 is 34.4 Å². The lowest BCUT2D eigenvalue weighted by molar-refractivity contribution is 0.632. The van der Waals surface area contributed by atoms with Crippen molar-refractivity contribution in [2.24, 2.45) is 0 Å². The van der Waals surface area contributed by atoms with E-state index in [-0.39, 0.29) is 11.4 Å². The molecule has 0 saturated heterocycles.